The van der Waals surface area contributed by atoms with Crippen molar-refractivity contribution in [2.75, 3.05) is 10.8 Å². The van der Waals surface area contributed by atoms with E-state index in [0.29, 0.717) is 0 Å². The standard InChI is InChI=1S/C28H32N4O6S/c1-20(2)29-28(34)22(4)30(18-23-10-8-9-21(3)17-23)27(33)19-31(24-13-15-25(16-14-24)32(35)36)39(37,38)26-11-6-5-7-12-26/h5-17,20,22H,18-19H2,1-4H3,(H,29,34)/t22-/m0/s1. The maximum atomic E-state index is 13.8. The van der Waals surface area contributed by atoms with Crippen LogP contribution in [0.3, 0.4) is 0 Å². The fraction of sp³-hybridized carbons (Fsp3) is 0.286. The molecule has 1 atom stereocenters. The van der Waals surface area contributed by atoms with Crippen molar-refractivity contribution in [1.82, 2.24) is 10.2 Å². The summed E-state index contributed by atoms with van der Waals surface area (Å²) in [5, 5.41) is 14.0. The monoisotopic (exact) mass is 552 g/mol. The molecule has 0 aromatic heterocycles. The van der Waals surface area contributed by atoms with Crippen LogP contribution in [0.1, 0.15) is 31.9 Å². The molecule has 0 bridgehead atoms. The molecule has 11 heteroatoms. The third-order valence-electron chi connectivity index (χ3n) is 5.99. The lowest BCUT2D eigenvalue weighted by Gasteiger charge is -2.32. The number of carbonyl (C=O) groups excluding carboxylic acids is 2. The number of rotatable bonds is 11. The van der Waals surface area contributed by atoms with E-state index in [-0.39, 0.29) is 34.8 Å². The molecule has 0 aliphatic carbocycles. The molecule has 39 heavy (non-hydrogen) atoms. The fourth-order valence-corrected chi connectivity index (χ4v) is 5.42. The number of nitro benzene ring substituents is 1. The number of carbonyl (C=O) groups is 2. The number of nitrogens with zero attached hydrogens (tertiary/aromatic N) is 3. The van der Waals surface area contributed by atoms with Crippen LogP contribution in [0.15, 0.2) is 83.8 Å². The van der Waals surface area contributed by atoms with Crippen molar-refractivity contribution < 1.29 is 22.9 Å². The van der Waals surface area contributed by atoms with Gasteiger partial charge in [-0.3, -0.25) is 24.0 Å². The quantitative estimate of drug-likeness (QED) is 0.282. The summed E-state index contributed by atoms with van der Waals surface area (Å²) in [4.78, 5) is 38.6. The van der Waals surface area contributed by atoms with Gasteiger partial charge in [0, 0.05) is 24.7 Å². The van der Waals surface area contributed by atoms with E-state index < -0.39 is 33.4 Å². The highest BCUT2D eigenvalue weighted by Gasteiger charge is 2.32. The van der Waals surface area contributed by atoms with E-state index >= 15 is 0 Å². The molecular weight excluding hydrogens is 520 g/mol. The Hall–Kier alpha value is -4.25. The molecule has 0 radical (unpaired) electrons. The van der Waals surface area contributed by atoms with E-state index in [2.05, 4.69) is 5.32 Å². The Morgan fingerprint density at radius 3 is 2.15 bits per heavy atom. The van der Waals surface area contributed by atoms with Gasteiger partial charge in [-0.05, 0) is 57.5 Å². The number of nitro groups is 1. The van der Waals surface area contributed by atoms with Gasteiger partial charge in [0.25, 0.3) is 15.7 Å². The summed E-state index contributed by atoms with van der Waals surface area (Å²) in [6.07, 6.45) is 0. The molecule has 0 fully saturated rings. The maximum absolute atomic E-state index is 13.8. The maximum Gasteiger partial charge on any atom is 0.269 e. The molecule has 3 aromatic carbocycles. The summed E-state index contributed by atoms with van der Waals surface area (Å²) in [7, 11) is -4.24. The Morgan fingerprint density at radius 1 is 0.949 bits per heavy atom. The number of anilines is 1. The molecule has 0 saturated carbocycles. The number of hydrogen-bond donors (Lipinski definition) is 1. The minimum Gasteiger partial charge on any atom is -0.352 e. The molecule has 1 N–H and O–H groups in total. The van der Waals surface area contributed by atoms with Gasteiger partial charge in [-0.1, -0.05) is 48.0 Å². The van der Waals surface area contributed by atoms with E-state index in [9.17, 15) is 28.1 Å². The third kappa shape index (κ3) is 7.41. The topological polar surface area (TPSA) is 130 Å². The average Bonchev–Trinajstić information content (AvgIpc) is 2.90. The van der Waals surface area contributed by atoms with E-state index in [0.717, 1.165) is 15.4 Å². The molecule has 10 nitrogen and oxygen atoms in total. The summed E-state index contributed by atoms with van der Waals surface area (Å²) in [5.41, 5.74) is 1.61. The van der Waals surface area contributed by atoms with Gasteiger partial charge in [0.2, 0.25) is 11.8 Å². The first-order valence-electron chi connectivity index (χ1n) is 12.4. The van der Waals surface area contributed by atoms with Crippen molar-refractivity contribution in [3.05, 3.63) is 100 Å². The highest BCUT2D eigenvalue weighted by Crippen LogP contribution is 2.26. The molecule has 0 heterocycles. The van der Waals surface area contributed by atoms with E-state index in [1.165, 1.54) is 41.3 Å². The number of amides is 2. The largest absolute Gasteiger partial charge is 0.352 e. The van der Waals surface area contributed by atoms with Crippen LogP contribution in [-0.4, -0.2) is 48.7 Å². The number of hydrogen-bond acceptors (Lipinski definition) is 6. The molecule has 0 unspecified atom stereocenters. The molecule has 3 aromatic rings. The summed E-state index contributed by atoms with van der Waals surface area (Å²) >= 11 is 0. The second-order valence-electron chi connectivity index (χ2n) is 9.45. The molecule has 2 amide bonds. The van der Waals surface area contributed by atoms with E-state index in [1.807, 2.05) is 31.2 Å². The van der Waals surface area contributed by atoms with Gasteiger partial charge in [0.1, 0.15) is 12.6 Å². The minimum atomic E-state index is -4.24. The summed E-state index contributed by atoms with van der Waals surface area (Å²) in [5.74, 6) is -0.987. The Balaban J connectivity index is 2.04. The number of aryl methyl sites for hydroxylation is 1. The molecular formula is C28H32N4O6S. The van der Waals surface area contributed by atoms with Gasteiger partial charge >= 0.3 is 0 Å². The average molecular weight is 553 g/mol. The van der Waals surface area contributed by atoms with Crippen molar-refractivity contribution in [3.8, 4) is 0 Å². The predicted octanol–water partition coefficient (Wildman–Crippen LogP) is 4.04. The Kier molecular flexibility index (Phi) is 9.42. The lowest BCUT2D eigenvalue weighted by Crippen LogP contribution is -2.52. The summed E-state index contributed by atoms with van der Waals surface area (Å²) in [6, 6.07) is 18.9. The molecule has 0 aliphatic heterocycles. The third-order valence-corrected chi connectivity index (χ3v) is 7.78. The number of nitrogens with one attached hydrogen (secondary N) is 1. The SMILES string of the molecule is Cc1cccc(CN(C(=O)CN(c2ccc([N+](=O)[O-])cc2)S(=O)(=O)c2ccccc2)[C@@H](C)C(=O)NC(C)C)c1. The van der Waals surface area contributed by atoms with E-state index in [4.69, 9.17) is 0 Å². The second kappa shape index (κ2) is 12.5. The Labute approximate surface area is 228 Å². The fourth-order valence-electron chi connectivity index (χ4n) is 3.98. The lowest BCUT2D eigenvalue weighted by molar-refractivity contribution is -0.384. The van der Waals surface area contributed by atoms with E-state index in [1.54, 1.807) is 39.0 Å². The summed E-state index contributed by atoms with van der Waals surface area (Å²) < 4.78 is 28.3. The van der Waals surface area contributed by atoms with Gasteiger partial charge < -0.3 is 10.2 Å². The predicted molar refractivity (Wildman–Crippen MR) is 149 cm³/mol. The zero-order valence-corrected chi connectivity index (χ0v) is 23.1. The molecule has 0 spiro atoms. The van der Waals surface area contributed by atoms with Crippen LogP contribution in [0, 0.1) is 17.0 Å². The van der Waals surface area contributed by atoms with Crippen LogP contribution in [-0.2, 0) is 26.2 Å². The van der Waals surface area contributed by atoms with Gasteiger partial charge in [0.05, 0.1) is 15.5 Å². The number of sulfonamides is 1. The number of non-ortho nitro benzene ring substituents is 1. The highest BCUT2D eigenvalue weighted by molar-refractivity contribution is 7.92. The Bertz CT molecular complexity index is 1430. The normalized spacial score (nSPS) is 12.0. The Morgan fingerprint density at radius 2 is 1.59 bits per heavy atom. The van der Waals surface area contributed by atoms with Crippen LogP contribution >= 0.6 is 0 Å². The van der Waals surface area contributed by atoms with Gasteiger partial charge in [-0.25, -0.2) is 8.42 Å². The van der Waals surface area contributed by atoms with Crippen LogP contribution in [0.4, 0.5) is 11.4 Å². The zero-order chi connectivity index (χ0) is 28.7. The first kappa shape index (κ1) is 29.3. The first-order valence-corrected chi connectivity index (χ1v) is 13.8. The van der Waals surface area contributed by atoms with Crippen LogP contribution in [0.2, 0.25) is 0 Å². The van der Waals surface area contributed by atoms with Crippen LogP contribution < -0.4 is 9.62 Å². The first-order chi connectivity index (χ1) is 18.4. The van der Waals surface area contributed by atoms with Crippen LogP contribution in [0.5, 0.6) is 0 Å². The summed E-state index contributed by atoms with van der Waals surface area (Å²) in [6.45, 7) is 6.56. The molecule has 206 valence electrons. The van der Waals surface area contributed by atoms with Gasteiger partial charge in [-0.2, -0.15) is 0 Å². The van der Waals surface area contributed by atoms with Crippen molar-refractivity contribution in [1.29, 1.82) is 0 Å². The molecule has 0 aliphatic rings. The second-order valence-corrected chi connectivity index (χ2v) is 11.3. The van der Waals surface area contributed by atoms with Crippen molar-refractivity contribution in [2.24, 2.45) is 0 Å². The van der Waals surface area contributed by atoms with Gasteiger partial charge in [-0.15, -0.1) is 0 Å². The molecule has 0 saturated heterocycles. The van der Waals surface area contributed by atoms with Crippen molar-refractivity contribution >= 4 is 33.2 Å². The van der Waals surface area contributed by atoms with Crippen LogP contribution in [0.25, 0.3) is 0 Å². The zero-order valence-electron chi connectivity index (χ0n) is 22.3. The lowest BCUT2D eigenvalue weighted by atomic mass is 10.1. The van der Waals surface area contributed by atoms with Gasteiger partial charge in [0.15, 0.2) is 0 Å². The smallest absolute Gasteiger partial charge is 0.269 e. The molecule has 3 rings (SSSR count). The van der Waals surface area contributed by atoms with Crippen molar-refractivity contribution in [2.45, 2.75) is 51.2 Å². The number of benzene rings is 3. The minimum absolute atomic E-state index is 0.0491. The highest BCUT2D eigenvalue weighted by atomic mass is 32.2. The van der Waals surface area contributed by atoms with Crippen molar-refractivity contribution in [3.63, 3.8) is 0 Å².